The van der Waals surface area contributed by atoms with Gasteiger partial charge in [0.05, 0.1) is 6.61 Å². The molecule has 0 fully saturated rings. The first kappa shape index (κ1) is 14.6. The smallest absolute Gasteiger partial charge is 0.250 e. The van der Waals surface area contributed by atoms with Crippen LogP contribution in [0.25, 0.3) is 0 Å². The topological polar surface area (TPSA) is 67.6 Å². The monoisotopic (exact) mass is 251 g/mol. The summed E-state index contributed by atoms with van der Waals surface area (Å²) >= 11 is 0. The predicted octanol–water partition coefficient (Wildman–Crippen LogP) is 0.662. The molecule has 0 atom stereocenters. The average Bonchev–Trinajstić information content (AvgIpc) is 2.28. The van der Waals surface area contributed by atoms with Crippen molar-refractivity contribution in [1.82, 2.24) is 4.90 Å². The van der Waals surface area contributed by atoms with Crippen molar-refractivity contribution in [3.63, 3.8) is 0 Å². The quantitative estimate of drug-likeness (QED) is 0.699. The Morgan fingerprint density at radius 1 is 1.44 bits per heavy atom. The molecule has 0 radical (unpaired) electrons. The van der Waals surface area contributed by atoms with Gasteiger partial charge in [-0.2, -0.15) is 0 Å². The molecule has 0 spiro atoms. The number of amides is 1. The molecule has 5 heteroatoms. The lowest BCUT2D eigenvalue weighted by molar-refractivity contribution is -0.120. The number of carbonyl (C=O) groups excluding carboxylic acids is 1. The van der Waals surface area contributed by atoms with E-state index in [1.54, 1.807) is 0 Å². The van der Waals surface area contributed by atoms with Crippen LogP contribution in [0.5, 0.6) is 0 Å². The first-order valence-corrected chi connectivity index (χ1v) is 5.93. The van der Waals surface area contributed by atoms with Gasteiger partial charge < -0.3 is 20.7 Å². The van der Waals surface area contributed by atoms with Gasteiger partial charge in [0, 0.05) is 18.8 Å². The van der Waals surface area contributed by atoms with Crippen LogP contribution in [0, 0.1) is 0 Å². The highest BCUT2D eigenvalue weighted by Gasteiger charge is 2.03. The fourth-order valence-corrected chi connectivity index (χ4v) is 1.56. The number of anilines is 1. The Morgan fingerprint density at radius 2 is 2.22 bits per heavy atom. The Kier molecular flexibility index (Phi) is 6.35. The van der Waals surface area contributed by atoms with Crippen molar-refractivity contribution < 1.29 is 9.53 Å². The van der Waals surface area contributed by atoms with Crippen LogP contribution in [0.3, 0.4) is 0 Å². The highest BCUT2D eigenvalue weighted by molar-refractivity contribution is 5.91. The number of nitrogens with two attached hydrogens (primary N) is 1. The minimum Gasteiger partial charge on any atom is -0.370 e. The molecule has 0 heterocycles. The number of ether oxygens (including phenoxy) is 1. The molecule has 0 aliphatic heterocycles. The largest absolute Gasteiger partial charge is 0.370 e. The minimum atomic E-state index is -0.162. The van der Waals surface area contributed by atoms with Gasteiger partial charge in [-0.05, 0) is 31.8 Å². The number of nitrogens with one attached hydrogen (secondary N) is 1. The summed E-state index contributed by atoms with van der Waals surface area (Å²) in [7, 11) is 4.01. The van der Waals surface area contributed by atoms with Crippen LogP contribution in [-0.4, -0.2) is 44.7 Å². The van der Waals surface area contributed by atoms with Crippen LogP contribution in [0.15, 0.2) is 24.3 Å². The van der Waals surface area contributed by atoms with Crippen molar-refractivity contribution in [2.24, 2.45) is 5.73 Å². The van der Waals surface area contributed by atoms with Crippen LogP contribution in [0.2, 0.25) is 0 Å². The summed E-state index contributed by atoms with van der Waals surface area (Å²) in [4.78, 5) is 13.6. The summed E-state index contributed by atoms with van der Waals surface area (Å²) < 4.78 is 5.07. The first-order chi connectivity index (χ1) is 8.61. The first-order valence-electron chi connectivity index (χ1n) is 5.93. The van der Waals surface area contributed by atoms with E-state index in [0.29, 0.717) is 13.2 Å². The molecule has 0 aliphatic rings. The molecule has 1 amide bonds. The lowest BCUT2D eigenvalue weighted by atomic mass is 10.2. The van der Waals surface area contributed by atoms with E-state index in [2.05, 4.69) is 10.2 Å². The van der Waals surface area contributed by atoms with Crippen LogP contribution < -0.4 is 11.1 Å². The van der Waals surface area contributed by atoms with Crippen molar-refractivity contribution in [2.45, 2.75) is 6.54 Å². The zero-order chi connectivity index (χ0) is 13.4. The Hall–Kier alpha value is -1.43. The molecule has 3 N–H and O–H groups in total. The SMILES string of the molecule is CN(C)Cc1cccc(NC(=O)COCCN)c1. The van der Waals surface area contributed by atoms with E-state index in [-0.39, 0.29) is 12.5 Å². The van der Waals surface area contributed by atoms with Crippen molar-refractivity contribution in [1.29, 1.82) is 0 Å². The van der Waals surface area contributed by atoms with Crippen LogP contribution in [0.1, 0.15) is 5.56 Å². The zero-order valence-electron chi connectivity index (χ0n) is 11.0. The summed E-state index contributed by atoms with van der Waals surface area (Å²) in [5.41, 5.74) is 7.21. The van der Waals surface area contributed by atoms with E-state index in [0.717, 1.165) is 17.8 Å². The molecule has 0 unspecified atom stereocenters. The van der Waals surface area contributed by atoms with E-state index in [4.69, 9.17) is 10.5 Å². The van der Waals surface area contributed by atoms with Gasteiger partial charge in [-0.15, -0.1) is 0 Å². The lowest BCUT2D eigenvalue weighted by Gasteiger charge is -2.11. The summed E-state index contributed by atoms with van der Waals surface area (Å²) in [6.45, 7) is 1.70. The van der Waals surface area contributed by atoms with E-state index < -0.39 is 0 Å². The molecule has 18 heavy (non-hydrogen) atoms. The second kappa shape index (κ2) is 7.81. The number of benzene rings is 1. The van der Waals surface area contributed by atoms with Gasteiger partial charge in [0.15, 0.2) is 0 Å². The van der Waals surface area contributed by atoms with Gasteiger partial charge in [0.2, 0.25) is 5.91 Å². The zero-order valence-corrected chi connectivity index (χ0v) is 11.0. The van der Waals surface area contributed by atoms with Crippen molar-refractivity contribution >= 4 is 11.6 Å². The molecular formula is C13H21N3O2. The molecule has 0 aliphatic carbocycles. The van der Waals surface area contributed by atoms with Gasteiger partial charge in [-0.3, -0.25) is 4.79 Å². The van der Waals surface area contributed by atoms with E-state index in [1.165, 1.54) is 0 Å². The molecular weight excluding hydrogens is 230 g/mol. The third-order valence-electron chi connectivity index (χ3n) is 2.20. The van der Waals surface area contributed by atoms with Crippen LogP contribution >= 0.6 is 0 Å². The number of hydrogen-bond acceptors (Lipinski definition) is 4. The fraction of sp³-hybridized carbons (Fsp3) is 0.462. The summed E-state index contributed by atoms with van der Waals surface area (Å²) in [5, 5.41) is 2.79. The normalized spacial score (nSPS) is 10.7. The van der Waals surface area contributed by atoms with Gasteiger partial charge in [0.25, 0.3) is 0 Å². The third kappa shape index (κ3) is 5.77. The standard InChI is InChI=1S/C13H21N3O2/c1-16(2)9-11-4-3-5-12(8-11)15-13(17)10-18-7-6-14/h3-5,8H,6-7,9-10,14H2,1-2H3,(H,15,17). The number of nitrogens with zero attached hydrogens (tertiary/aromatic N) is 1. The Bertz CT molecular complexity index is 380. The number of carbonyl (C=O) groups is 1. The third-order valence-corrected chi connectivity index (χ3v) is 2.20. The molecule has 0 aromatic heterocycles. The molecule has 100 valence electrons. The maximum atomic E-state index is 11.5. The van der Waals surface area contributed by atoms with Crippen LogP contribution in [0.4, 0.5) is 5.69 Å². The predicted molar refractivity (Wildman–Crippen MR) is 72.3 cm³/mol. The number of hydrogen-bond donors (Lipinski definition) is 2. The van der Waals surface area contributed by atoms with E-state index in [1.807, 2.05) is 38.4 Å². The van der Waals surface area contributed by atoms with E-state index >= 15 is 0 Å². The Labute approximate surface area is 108 Å². The Morgan fingerprint density at radius 3 is 2.89 bits per heavy atom. The molecule has 1 aromatic carbocycles. The maximum absolute atomic E-state index is 11.5. The molecule has 1 rings (SSSR count). The van der Waals surface area contributed by atoms with Gasteiger partial charge in [-0.1, -0.05) is 12.1 Å². The van der Waals surface area contributed by atoms with Gasteiger partial charge in [-0.25, -0.2) is 0 Å². The average molecular weight is 251 g/mol. The summed E-state index contributed by atoms with van der Waals surface area (Å²) in [5.74, 6) is -0.162. The molecule has 1 aromatic rings. The van der Waals surface area contributed by atoms with Gasteiger partial charge in [0.1, 0.15) is 6.61 Å². The highest BCUT2D eigenvalue weighted by atomic mass is 16.5. The maximum Gasteiger partial charge on any atom is 0.250 e. The molecule has 0 saturated carbocycles. The second-order valence-electron chi connectivity index (χ2n) is 4.33. The van der Waals surface area contributed by atoms with Crippen molar-refractivity contribution in [3.8, 4) is 0 Å². The van der Waals surface area contributed by atoms with Gasteiger partial charge >= 0.3 is 0 Å². The highest BCUT2D eigenvalue weighted by Crippen LogP contribution is 2.11. The molecule has 0 bridgehead atoms. The molecule has 0 saturated heterocycles. The Balaban J connectivity index is 2.48. The fourth-order valence-electron chi connectivity index (χ4n) is 1.56. The minimum absolute atomic E-state index is 0.0368. The van der Waals surface area contributed by atoms with Crippen molar-refractivity contribution in [2.75, 3.05) is 39.2 Å². The summed E-state index contributed by atoms with van der Waals surface area (Å²) in [6.07, 6.45) is 0. The second-order valence-corrected chi connectivity index (χ2v) is 4.33. The van der Waals surface area contributed by atoms with Crippen molar-refractivity contribution in [3.05, 3.63) is 29.8 Å². The summed E-state index contributed by atoms with van der Waals surface area (Å²) in [6, 6.07) is 7.77. The number of rotatable bonds is 7. The molecule has 5 nitrogen and oxygen atoms in total. The van der Waals surface area contributed by atoms with Crippen LogP contribution in [-0.2, 0) is 16.1 Å². The lowest BCUT2D eigenvalue weighted by Crippen LogP contribution is -2.20. The van der Waals surface area contributed by atoms with E-state index in [9.17, 15) is 4.79 Å².